The number of carbonyl (C=O) groups excluding carboxylic acids is 1. The van der Waals surface area contributed by atoms with Gasteiger partial charge in [0.1, 0.15) is 5.75 Å². The van der Waals surface area contributed by atoms with Crippen LogP contribution in [0, 0.1) is 0 Å². The molecule has 0 saturated carbocycles. The monoisotopic (exact) mass is 278 g/mol. The molecular formula is C16H22O4. The normalized spacial score (nSPS) is 12.8. The van der Waals surface area contributed by atoms with Crippen molar-refractivity contribution in [2.45, 2.75) is 52.4 Å². The molecule has 1 atom stereocenters. The molecule has 4 heteroatoms. The summed E-state index contributed by atoms with van der Waals surface area (Å²) in [5, 5.41) is 8.88. The Morgan fingerprint density at radius 2 is 1.90 bits per heavy atom. The molecule has 20 heavy (non-hydrogen) atoms. The smallest absolute Gasteiger partial charge is 0.308 e. The lowest BCUT2D eigenvalue weighted by atomic mass is 9.83. The van der Waals surface area contributed by atoms with E-state index in [1.807, 2.05) is 39.8 Å². The lowest BCUT2D eigenvalue weighted by Crippen LogP contribution is -2.16. The first-order valence-electron chi connectivity index (χ1n) is 6.66. The Morgan fingerprint density at radius 3 is 2.35 bits per heavy atom. The minimum Gasteiger partial charge on any atom is -0.481 e. The summed E-state index contributed by atoms with van der Waals surface area (Å²) in [4.78, 5) is 22.0. The molecule has 0 aliphatic rings. The number of carboxylic acids is 1. The van der Waals surface area contributed by atoms with Crippen LogP contribution in [-0.2, 0) is 15.0 Å². The van der Waals surface area contributed by atoms with Crippen LogP contribution < -0.4 is 4.74 Å². The van der Waals surface area contributed by atoms with E-state index in [-0.39, 0.29) is 23.7 Å². The van der Waals surface area contributed by atoms with Gasteiger partial charge in [0.2, 0.25) is 0 Å². The molecule has 1 aromatic carbocycles. The summed E-state index contributed by atoms with van der Waals surface area (Å²) in [5.74, 6) is -0.725. The average molecular weight is 278 g/mol. The van der Waals surface area contributed by atoms with Gasteiger partial charge in [-0.25, -0.2) is 0 Å². The van der Waals surface area contributed by atoms with Crippen LogP contribution in [0.3, 0.4) is 0 Å². The standard InChI is InChI=1S/C16H22O4/c1-10(8-15(18)19)12-6-7-14(20-11(2)17)13(9-12)16(3,4)5/h6-7,9-10H,8H2,1-5H3,(H,18,19). The van der Waals surface area contributed by atoms with E-state index in [9.17, 15) is 9.59 Å². The molecule has 1 unspecified atom stereocenters. The van der Waals surface area contributed by atoms with Gasteiger partial charge in [-0.1, -0.05) is 39.8 Å². The second-order valence-electron chi connectivity index (χ2n) is 6.10. The summed E-state index contributed by atoms with van der Waals surface area (Å²) in [6.45, 7) is 9.33. The quantitative estimate of drug-likeness (QED) is 0.676. The van der Waals surface area contributed by atoms with Crippen molar-refractivity contribution in [3.8, 4) is 5.75 Å². The minimum absolute atomic E-state index is 0.0799. The van der Waals surface area contributed by atoms with Gasteiger partial charge in [0, 0.05) is 12.5 Å². The predicted molar refractivity (Wildman–Crippen MR) is 77.1 cm³/mol. The van der Waals surface area contributed by atoms with Crippen LogP contribution >= 0.6 is 0 Å². The number of rotatable bonds is 4. The van der Waals surface area contributed by atoms with Crippen molar-refractivity contribution in [1.82, 2.24) is 0 Å². The van der Waals surface area contributed by atoms with Gasteiger partial charge in [-0.05, 0) is 23.0 Å². The second-order valence-corrected chi connectivity index (χ2v) is 6.10. The van der Waals surface area contributed by atoms with Crippen molar-refractivity contribution in [3.63, 3.8) is 0 Å². The molecule has 0 aromatic heterocycles. The Kier molecular flexibility index (Phi) is 4.93. The zero-order chi connectivity index (χ0) is 15.5. The first-order valence-corrected chi connectivity index (χ1v) is 6.66. The fourth-order valence-corrected chi connectivity index (χ4v) is 2.06. The average Bonchev–Trinajstić information content (AvgIpc) is 2.26. The van der Waals surface area contributed by atoms with Crippen LogP contribution in [0.2, 0.25) is 0 Å². The van der Waals surface area contributed by atoms with Crippen LogP contribution in [0.1, 0.15) is 58.1 Å². The fourth-order valence-electron chi connectivity index (χ4n) is 2.06. The molecule has 1 rings (SSSR count). The zero-order valence-corrected chi connectivity index (χ0v) is 12.7. The van der Waals surface area contributed by atoms with Crippen molar-refractivity contribution in [1.29, 1.82) is 0 Å². The van der Waals surface area contributed by atoms with Gasteiger partial charge in [-0.2, -0.15) is 0 Å². The van der Waals surface area contributed by atoms with Crippen molar-refractivity contribution in [3.05, 3.63) is 29.3 Å². The van der Waals surface area contributed by atoms with Crippen LogP contribution in [0.5, 0.6) is 5.75 Å². The van der Waals surface area contributed by atoms with Crippen LogP contribution in [0.15, 0.2) is 18.2 Å². The van der Waals surface area contributed by atoms with Gasteiger partial charge in [0.15, 0.2) is 0 Å². The maximum atomic E-state index is 11.2. The molecule has 0 aliphatic heterocycles. The van der Waals surface area contributed by atoms with Crippen molar-refractivity contribution in [2.75, 3.05) is 0 Å². The Balaban J connectivity index is 3.20. The lowest BCUT2D eigenvalue weighted by molar-refractivity contribution is -0.137. The molecule has 0 aliphatic carbocycles. The van der Waals surface area contributed by atoms with Crippen molar-refractivity contribution in [2.24, 2.45) is 0 Å². The number of carbonyl (C=O) groups is 2. The highest BCUT2D eigenvalue weighted by Gasteiger charge is 2.22. The van der Waals surface area contributed by atoms with Gasteiger partial charge in [-0.15, -0.1) is 0 Å². The number of ether oxygens (including phenoxy) is 1. The third kappa shape index (κ3) is 4.37. The van der Waals surface area contributed by atoms with E-state index in [0.717, 1.165) is 11.1 Å². The molecule has 0 spiro atoms. The summed E-state index contributed by atoms with van der Waals surface area (Å²) in [5.41, 5.74) is 1.65. The highest BCUT2D eigenvalue weighted by molar-refractivity contribution is 5.70. The van der Waals surface area contributed by atoms with Crippen LogP contribution in [0.4, 0.5) is 0 Å². The number of hydrogen-bond donors (Lipinski definition) is 1. The number of aliphatic carboxylic acids is 1. The summed E-state index contributed by atoms with van der Waals surface area (Å²) in [7, 11) is 0. The zero-order valence-electron chi connectivity index (χ0n) is 12.7. The third-order valence-electron chi connectivity index (χ3n) is 3.12. The topological polar surface area (TPSA) is 63.6 Å². The van der Waals surface area contributed by atoms with Gasteiger partial charge >= 0.3 is 11.9 Å². The number of benzene rings is 1. The van der Waals surface area contributed by atoms with Crippen molar-refractivity contribution >= 4 is 11.9 Å². The number of hydrogen-bond acceptors (Lipinski definition) is 3. The highest BCUT2D eigenvalue weighted by atomic mass is 16.5. The molecule has 4 nitrogen and oxygen atoms in total. The summed E-state index contributed by atoms with van der Waals surface area (Å²) >= 11 is 0. The number of carboxylic acid groups (broad SMARTS) is 1. The third-order valence-corrected chi connectivity index (χ3v) is 3.12. The Morgan fingerprint density at radius 1 is 1.30 bits per heavy atom. The van der Waals surface area contributed by atoms with Crippen molar-refractivity contribution < 1.29 is 19.4 Å². The minimum atomic E-state index is -0.820. The molecule has 0 bridgehead atoms. The molecule has 0 amide bonds. The summed E-state index contributed by atoms with van der Waals surface area (Å²) in [6.07, 6.45) is 0.0799. The molecule has 0 saturated heterocycles. The predicted octanol–water partition coefficient (Wildman–Crippen LogP) is 3.49. The molecule has 0 fully saturated rings. The summed E-state index contributed by atoms with van der Waals surface area (Å²) < 4.78 is 5.23. The van der Waals surface area contributed by atoms with E-state index in [1.165, 1.54) is 6.92 Å². The van der Waals surface area contributed by atoms with E-state index >= 15 is 0 Å². The van der Waals surface area contributed by atoms with Crippen LogP contribution in [0.25, 0.3) is 0 Å². The summed E-state index contributed by atoms with van der Waals surface area (Å²) in [6, 6.07) is 5.50. The van der Waals surface area contributed by atoms with E-state index in [4.69, 9.17) is 9.84 Å². The van der Waals surface area contributed by atoms with E-state index in [2.05, 4.69) is 0 Å². The van der Waals surface area contributed by atoms with Gasteiger partial charge < -0.3 is 9.84 Å². The molecule has 1 aromatic rings. The van der Waals surface area contributed by atoms with Gasteiger partial charge in [-0.3, -0.25) is 9.59 Å². The van der Waals surface area contributed by atoms with E-state index in [0.29, 0.717) is 5.75 Å². The Bertz CT molecular complexity index is 512. The fraction of sp³-hybridized carbons (Fsp3) is 0.500. The Labute approximate surface area is 119 Å². The molecular weight excluding hydrogens is 256 g/mol. The molecule has 0 heterocycles. The van der Waals surface area contributed by atoms with Gasteiger partial charge in [0.05, 0.1) is 6.42 Å². The van der Waals surface area contributed by atoms with Crippen LogP contribution in [-0.4, -0.2) is 17.0 Å². The molecule has 110 valence electrons. The molecule has 0 radical (unpaired) electrons. The largest absolute Gasteiger partial charge is 0.481 e. The van der Waals surface area contributed by atoms with E-state index in [1.54, 1.807) is 6.07 Å². The van der Waals surface area contributed by atoms with Gasteiger partial charge in [0.25, 0.3) is 0 Å². The first kappa shape index (κ1) is 16.2. The second kappa shape index (κ2) is 6.07. The Hall–Kier alpha value is -1.84. The lowest BCUT2D eigenvalue weighted by Gasteiger charge is -2.24. The number of esters is 1. The highest BCUT2D eigenvalue weighted by Crippen LogP contribution is 2.34. The first-order chi connectivity index (χ1) is 9.11. The maximum absolute atomic E-state index is 11.2. The molecule has 1 N–H and O–H groups in total. The maximum Gasteiger partial charge on any atom is 0.308 e. The SMILES string of the molecule is CC(=O)Oc1ccc(C(C)CC(=O)O)cc1C(C)(C)C. The van der Waals surface area contributed by atoms with E-state index < -0.39 is 5.97 Å².